The predicted octanol–water partition coefficient (Wildman–Crippen LogP) is 2.55. The average Bonchev–Trinajstić information content (AvgIpc) is 2.36. The zero-order chi connectivity index (χ0) is 13.8. The Morgan fingerprint density at radius 1 is 1.61 bits per heavy atom. The molecule has 1 rings (SSSR count). The standard InChI is InChI=1S/C12H16BrN3O2/c1-3-12(2,10(14)16-18)11(17)15-9-6-4-5-8(13)7-9/h4-7,18H,3H2,1-2H3,(H2,14,16)(H,15,17). The highest BCUT2D eigenvalue weighted by Gasteiger charge is 2.36. The van der Waals surface area contributed by atoms with Gasteiger partial charge in [0.15, 0.2) is 5.84 Å². The molecule has 0 bridgehead atoms. The maximum atomic E-state index is 12.2. The molecule has 98 valence electrons. The number of halogens is 1. The molecule has 1 aromatic rings. The van der Waals surface area contributed by atoms with E-state index in [4.69, 9.17) is 10.9 Å². The third kappa shape index (κ3) is 3.01. The van der Waals surface area contributed by atoms with Gasteiger partial charge in [0, 0.05) is 10.2 Å². The van der Waals surface area contributed by atoms with Crippen LogP contribution in [0, 0.1) is 5.41 Å². The van der Waals surface area contributed by atoms with E-state index in [1.54, 1.807) is 26.0 Å². The van der Waals surface area contributed by atoms with Crippen molar-refractivity contribution in [2.75, 3.05) is 5.32 Å². The number of oxime groups is 1. The first-order valence-corrected chi connectivity index (χ1v) is 6.28. The molecule has 0 aromatic heterocycles. The normalized spacial score (nSPS) is 14.9. The molecular weight excluding hydrogens is 298 g/mol. The van der Waals surface area contributed by atoms with Crippen molar-refractivity contribution in [2.45, 2.75) is 20.3 Å². The molecule has 1 aromatic carbocycles. The number of amides is 1. The number of anilines is 1. The Balaban J connectivity index is 2.94. The molecular formula is C12H16BrN3O2. The fraction of sp³-hybridized carbons (Fsp3) is 0.333. The van der Waals surface area contributed by atoms with Gasteiger partial charge >= 0.3 is 0 Å². The van der Waals surface area contributed by atoms with Crippen molar-refractivity contribution in [3.63, 3.8) is 0 Å². The summed E-state index contributed by atoms with van der Waals surface area (Å²) < 4.78 is 0.863. The maximum absolute atomic E-state index is 12.2. The van der Waals surface area contributed by atoms with Crippen LogP contribution in [0.5, 0.6) is 0 Å². The van der Waals surface area contributed by atoms with Gasteiger partial charge in [0.1, 0.15) is 5.41 Å². The van der Waals surface area contributed by atoms with Crippen LogP contribution in [-0.2, 0) is 4.79 Å². The Kier molecular flexibility index (Phi) is 4.72. The fourth-order valence-electron chi connectivity index (χ4n) is 1.40. The van der Waals surface area contributed by atoms with E-state index in [9.17, 15) is 4.79 Å². The van der Waals surface area contributed by atoms with Gasteiger partial charge in [-0.15, -0.1) is 0 Å². The molecule has 0 aliphatic carbocycles. The van der Waals surface area contributed by atoms with Gasteiger partial charge < -0.3 is 16.3 Å². The Hall–Kier alpha value is -1.56. The molecule has 4 N–H and O–H groups in total. The largest absolute Gasteiger partial charge is 0.409 e. The summed E-state index contributed by atoms with van der Waals surface area (Å²) in [6.07, 6.45) is 0.433. The maximum Gasteiger partial charge on any atom is 0.238 e. The van der Waals surface area contributed by atoms with E-state index in [1.807, 2.05) is 12.1 Å². The molecule has 1 amide bonds. The van der Waals surface area contributed by atoms with Crippen LogP contribution in [0.2, 0.25) is 0 Å². The smallest absolute Gasteiger partial charge is 0.238 e. The highest BCUT2D eigenvalue weighted by Crippen LogP contribution is 2.24. The Bertz CT molecular complexity index is 476. The molecule has 0 aliphatic rings. The average molecular weight is 314 g/mol. The number of nitrogens with zero attached hydrogens (tertiary/aromatic N) is 1. The minimum absolute atomic E-state index is 0.0995. The van der Waals surface area contributed by atoms with E-state index in [0.717, 1.165) is 4.47 Å². The first-order chi connectivity index (χ1) is 8.43. The van der Waals surface area contributed by atoms with Gasteiger partial charge in [0.2, 0.25) is 5.91 Å². The third-order valence-corrected chi connectivity index (χ3v) is 3.46. The fourth-order valence-corrected chi connectivity index (χ4v) is 1.80. The molecule has 0 radical (unpaired) electrons. The van der Waals surface area contributed by atoms with Gasteiger partial charge in [-0.3, -0.25) is 4.79 Å². The van der Waals surface area contributed by atoms with Gasteiger partial charge in [-0.25, -0.2) is 0 Å². The van der Waals surface area contributed by atoms with Gasteiger partial charge in [0.05, 0.1) is 0 Å². The molecule has 0 heterocycles. The van der Waals surface area contributed by atoms with Crippen molar-refractivity contribution in [2.24, 2.45) is 16.3 Å². The Morgan fingerprint density at radius 3 is 2.78 bits per heavy atom. The van der Waals surface area contributed by atoms with Crippen molar-refractivity contribution >= 4 is 33.4 Å². The minimum Gasteiger partial charge on any atom is -0.409 e. The summed E-state index contributed by atoms with van der Waals surface area (Å²) >= 11 is 3.32. The number of carbonyl (C=O) groups excluding carboxylic acids is 1. The second-order valence-electron chi connectivity index (χ2n) is 4.14. The minimum atomic E-state index is -1.03. The summed E-state index contributed by atoms with van der Waals surface area (Å²) in [7, 11) is 0. The van der Waals surface area contributed by atoms with Crippen molar-refractivity contribution in [3.8, 4) is 0 Å². The lowest BCUT2D eigenvalue weighted by molar-refractivity contribution is -0.121. The van der Waals surface area contributed by atoms with E-state index < -0.39 is 5.41 Å². The van der Waals surface area contributed by atoms with Crippen LogP contribution in [0.3, 0.4) is 0 Å². The summed E-state index contributed by atoms with van der Waals surface area (Å²) in [4.78, 5) is 12.2. The molecule has 1 unspecified atom stereocenters. The molecule has 0 saturated carbocycles. The van der Waals surface area contributed by atoms with Gasteiger partial charge in [-0.1, -0.05) is 34.1 Å². The van der Waals surface area contributed by atoms with Gasteiger partial charge in [0.25, 0.3) is 0 Å². The van der Waals surface area contributed by atoms with Gasteiger partial charge in [-0.05, 0) is 31.5 Å². The quantitative estimate of drug-likeness (QED) is 0.345. The summed E-state index contributed by atoms with van der Waals surface area (Å²) in [5.74, 6) is -0.407. The number of hydrogen-bond donors (Lipinski definition) is 3. The number of hydrogen-bond acceptors (Lipinski definition) is 3. The lowest BCUT2D eigenvalue weighted by atomic mass is 9.85. The van der Waals surface area contributed by atoms with E-state index in [-0.39, 0.29) is 11.7 Å². The molecule has 1 atom stereocenters. The lowest BCUT2D eigenvalue weighted by Crippen LogP contribution is -2.44. The van der Waals surface area contributed by atoms with Crippen LogP contribution in [0.15, 0.2) is 33.9 Å². The highest BCUT2D eigenvalue weighted by molar-refractivity contribution is 9.10. The molecule has 5 nitrogen and oxygen atoms in total. The summed E-state index contributed by atoms with van der Waals surface area (Å²) in [6, 6.07) is 7.22. The van der Waals surface area contributed by atoms with Crippen LogP contribution in [0.25, 0.3) is 0 Å². The molecule has 6 heteroatoms. The van der Waals surface area contributed by atoms with E-state index in [1.165, 1.54) is 0 Å². The first kappa shape index (κ1) is 14.5. The second kappa shape index (κ2) is 5.86. The van der Waals surface area contributed by atoms with Gasteiger partial charge in [-0.2, -0.15) is 0 Å². The number of nitrogens with one attached hydrogen (secondary N) is 1. The van der Waals surface area contributed by atoms with E-state index >= 15 is 0 Å². The van der Waals surface area contributed by atoms with Crippen molar-refractivity contribution in [1.29, 1.82) is 0 Å². The number of rotatable bonds is 4. The SMILES string of the molecule is CCC(C)(C(=O)Nc1cccc(Br)c1)/C(N)=N/O. The molecule has 0 aliphatic heterocycles. The zero-order valence-electron chi connectivity index (χ0n) is 10.3. The number of nitrogens with two attached hydrogens (primary N) is 1. The van der Waals surface area contributed by atoms with Crippen LogP contribution in [0.1, 0.15) is 20.3 Å². The highest BCUT2D eigenvalue weighted by atomic mass is 79.9. The Labute approximate surface area is 114 Å². The van der Waals surface area contributed by atoms with Crippen LogP contribution < -0.4 is 11.1 Å². The number of benzene rings is 1. The van der Waals surface area contributed by atoms with Crippen molar-refractivity contribution < 1.29 is 10.0 Å². The summed E-state index contributed by atoms with van der Waals surface area (Å²) in [5, 5.41) is 14.4. The third-order valence-electron chi connectivity index (χ3n) is 2.96. The lowest BCUT2D eigenvalue weighted by Gasteiger charge is -2.25. The second-order valence-corrected chi connectivity index (χ2v) is 5.05. The Morgan fingerprint density at radius 2 is 2.28 bits per heavy atom. The summed E-state index contributed by atoms with van der Waals surface area (Å²) in [5.41, 5.74) is 5.20. The number of amidine groups is 1. The van der Waals surface area contributed by atoms with Crippen molar-refractivity contribution in [3.05, 3.63) is 28.7 Å². The van der Waals surface area contributed by atoms with E-state index in [0.29, 0.717) is 12.1 Å². The molecule has 18 heavy (non-hydrogen) atoms. The van der Waals surface area contributed by atoms with Crippen LogP contribution in [0.4, 0.5) is 5.69 Å². The van der Waals surface area contributed by atoms with Crippen LogP contribution in [-0.4, -0.2) is 17.0 Å². The first-order valence-electron chi connectivity index (χ1n) is 5.49. The zero-order valence-corrected chi connectivity index (χ0v) is 11.9. The topological polar surface area (TPSA) is 87.7 Å². The molecule has 0 fully saturated rings. The molecule has 0 saturated heterocycles. The summed E-state index contributed by atoms with van der Waals surface area (Å²) in [6.45, 7) is 3.44. The van der Waals surface area contributed by atoms with E-state index in [2.05, 4.69) is 26.4 Å². The monoisotopic (exact) mass is 313 g/mol. The number of carbonyl (C=O) groups is 1. The predicted molar refractivity (Wildman–Crippen MR) is 74.6 cm³/mol. The van der Waals surface area contributed by atoms with Crippen LogP contribution >= 0.6 is 15.9 Å². The molecule has 0 spiro atoms. The van der Waals surface area contributed by atoms with Crippen molar-refractivity contribution in [1.82, 2.24) is 0 Å².